The fourth-order valence-electron chi connectivity index (χ4n) is 4.20. The zero-order valence-electron chi connectivity index (χ0n) is 18.5. The van der Waals surface area contributed by atoms with Crippen LogP contribution in [0.2, 0.25) is 0 Å². The summed E-state index contributed by atoms with van der Waals surface area (Å²) in [4.78, 5) is 13.1. The van der Waals surface area contributed by atoms with E-state index < -0.39 is 0 Å². The number of carbonyl (C=O) groups excluding carboxylic acids is 1. The molecule has 0 aromatic heterocycles. The third-order valence-electron chi connectivity index (χ3n) is 5.72. The molecule has 0 spiro atoms. The Bertz CT molecular complexity index is 1350. The van der Waals surface area contributed by atoms with Crippen molar-refractivity contribution in [1.82, 2.24) is 5.32 Å². The number of carbonyl (C=O) groups is 1. The maximum atomic E-state index is 12.6. The molecule has 3 aromatic rings. The number of nitrogens with one attached hydrogen (secondary N) is 1. The van der Waals surface area contributed by atoms with Crippen LogP contribution < -0.4 is 19.5 Å². The second kappa shape index (κ2) is 9.37. The molecular weight excluding hydrogens is 466 g/mol. The maximum Gasteiger partial charge on any atom is 0.263 e. The van der Waals surface area contributed by atoms with E-state index in [0.717, 1.165) is 28.0 Å². The molecule has 0 radical (unpaired) electrons. The summed E-state index contributed by atoms with van der Waals surface area (Å²) in [5.41, 5.74) is 3.79. The Balaban J connectivity index is 1.78. The summed E-state index contributed by atoms with van der Waals surface area (Å²) < 4.78 is 17.9. The topological polar surface area (TPSA) is 56.8 Å². The third-order valence-corrected chi connectivity index (χ3v) is 6.89. The fraction of sp³-hybridized carbons (Fsp3) is 0.111. The zero-order valence-corrected chi connectivity index (χ0v) is 20.2. The van der Waals surface area contributed by atoms with Gasteiger partial charge >= 0.3 is 0 Å². The standard InChI is InChI=1S/C27H21NO4S2/c1-30-21-13-12-17(14-22(21)31-2)25-19(15-23-26(29)28-27(33)34-23)24(16-8-4-3-5-9-16)18-10-6-7-11-20(18)32-25/h3-15,24H,1-2H3,(H,28,29,33). The number of thioether (sulfide) groups is 1. The lowest BCUT2D eigenvalue weighted by molar-refractivity contribution is -0.115. The van der Waals surface area contributed by atoms with Gasteiger partial charge in [-0.2, -0.15) is 0 Å². The first-order chi connectivity index (χ1) is 16.6. The van der Waals surface area contributed by atoms with Gasteiger partial charge in [-0.1, -0.05) is 72.5 Å². The van der Waals surface area contributed by atoms with E-state index in [2.05, 4.69) is 23.5 Å². The molecule has 3 aromatic carbocycles. The number of hydrogen-bond donors (Lipinski definition) is 1. The van der Waals surface area contributed by atoms with Gasteiger partial charge in [0.25, 0.3) is 5.91 Å². The van der Waals surface area contributed by atoms with Gasteiger partial charge < -0.3 is 19.5 Å². The molecule has 1 fully saturated rings. The monoisotopic (exact) mass is 487 g/mol. The van der Waals surface area contributed by atoms with Crippen molar-refractivity contribution >= 4 is 40.0 Å². The van der Waals surface area contributed by atoms with E-state index in [4.69, 9.17) is 26.4 Å². The van der Waals surface area contributed by atoms with Crippen LogP contribution in [0.15, 0.2) is 89.4 Å². The van der Waals surface area contributed by atoms with Crippen molar-refractivity contribution in [3.8, 4) is 17.2 Å². The second-order valence-electron chi connectivity index (χ2n) is 7.69. The van der Waals surface area contributed by atoms with E-state index in [9.17, 15) is 4.79 Å². The molecule has 1 N–H and O–H groups in total. The van der Waals surface area contributed by atoms with Crippen LogP contribution >= 0.6 is 24.0 Å². The van der Waals surface area contributed by atoms with Gasteiger partial charge in [0, 0.05) is 22.6 Å². The Morgan fingerprint density at radius 3 is 2.41 bits per heavy atom. The number of rotatable bonds is 5. The maximum absolute atomic E-state index is 12.6. The van der Waals surface area contributed by atoms with Crippen LogP contribution in [0, 0.1) is 0 Å². The third kappa shape index (κ3) is 4.08. The molecule has 0 bridgehead atoms. The molecule has 34 heavy (non-hydrogen) atoms. The lowest BCUT2D eigenvalue weighted by Crippen LogP contribution is -2.19. The first-order valence-corrected chi connectivity index (χ1v) is 11.8. The van der Waals surface area contributed by atoms with Crippen LogP contribution in [-0.4, -0.2) is 24.4 Å². The van der Waals surface area contributed by atoms with E-state index in [1.807, 2.05) is 60.7 Å². The van der Waals surface area contributed by atoms with Gasteiger partial charge in [0.2, 0.25) is 0 Å². The van der Waals surface area contributed by atoms with Crippen molar-refractivity contribution in [3.63, 3.8) is 0 Å². The van der Waals surface area contributed by atoms with E-state index >= 15 is 0 Å². The fourth-order valence-corrected chi connectivity index (χ4v) is 5.23. The van der Waals surface area contributed by atoms with Crippen LogP contribution in [0.5, 0.6) is 17.2 Å². The Morgan fingerprint density at radius 2 is 1.71 bits per heavy atom. The average molecular weight is 488 g/mol. The number of ether oxygens (including phenoxy) is 3. The van der Waals surface area contributed by atoms with Crippen molar-refractivity contribution in [2.75, 3.05) is 14.2 Å². The van der Waals surface area contributed by atoms with E-state index in [1.54, 1.807) is 14.2 Å². The summed E-state index contributed by atoms with van der Waals surface area (Å²) in [6, 6.07) is 23.8. The molecule has 2 aliphatic heterocycles. The van der Waals surface area contributed by atoms with E-state index in [1.165, 1.54) is 11.8 Å². The summed E-state index contributed by atoms with van der Waals surface area (Å²) in [5.74, 6) is 2.27. The van der Waals surface area contributed by atoms with Gasteiger partial charge in [0.15, 0.2) is 11.5 Å². The van der Waals surface area contributed by atoms with Crippen LogP contribution in [0.25, 0.3) is 5.76 Å². The number of fused-ring (bicyclic) bond motifs is 1. The number of benzene rings is 3. The summed E-state index contributed by atoms with van der Waals surface area (Å²) >= 11 is 6.48. The SMILES string of the molecule is COc1ccc(C2=C(C=C3SC(=S)NC3=O)C(c3ccccc3)c3ccccc3O2)cc1OC. The lowest BCUT2D eigenvalue weighted by atomic mass is 9.81. The molecule has 5 nitrogen and oxygen atoms in total. The highest BCUT2D eigenvalue weighted by molar-refractivity contribution is 8.26. The molecular formula is C27H21NO4S2. The minimum atomic E-state index is -0.208. The molecule has 5 rings (SSSR count). The largest absolute Gasteiger partial charge is 0.493 e. The summed E-state index contributed by atoms with van der Waals surface area (Å²) in [7, 11) is 3.20. The predicted molar refractivity (Wildman–Crippen MR) is 138 cm³/mol. The zero-order chi connectivity index (χ0) is 23.7. The Hall–Kier alpha value is -3.55. The number of allylic oxidation sites excluding steroid dienone is 2. The van der Waals surface area contributed by atoms with Crippen molar-refractivity contribution in [1.29, 1.82) is 0 Å². The summed E-state index contributed by atoms with van der Waals surface area (Å²) in [6.07, 6.45) is 1.89. The van der Waals surface area contributed by atoms with E-state index in [0.29, 0.717) is 26.5 Å². The van der Waals surface area contributed by atoms with Crippen molar-refractivity contribution in [2.24, 2.45) is 0 Å². The lowest BCUT2D eigenvalue weighted by Gasteiger charge is -2.30. The molecule has 170 valence electrons. The second-order valence-corrected chi connectivity index (χ2v) is 9.41. The van der Waals surface area contributed by atoms with Gasteiger partial charge in [0.1, 0.15) is 15.8 Å². The predicted octanol–water partition coefficient (Wildman–Crippen LogP) is 5.67. The van der Waals surface area contributed by atoms with Gasteiger partial charge in [-0.15, -0.1) is 0 Å². The molecule has 1 saturated heterocycles. The van der Waals surface area contributed by atoms with Crippen LogP contribution in [0.1, 0.15) is 22.6 Å². The minimum Gasteiger partial charge on any atom is -0.493 e. The molecule has 2 heterocycles. The molecule has 1 atom stereocenters. The molecule has 1 unspecified atom stereocenters. The highest BCUT2D eigenvalue weighted by Crippen LogP contribution is 2.48. The van der Waals surface area contributed by atoms with Gasteiger partial charge in [-0.3, -0.25) is 4.79 Å². The van der Waals surface area contributed by atoms with Gasteiger partial charge in [-0.05, 0) is 35.9 Å². The molecule has 7 heteroatoms. The highest BCUT2D eigenvalue weighted by atomic mass is 32.2. The normalized spacial score (nSPS) is 18.4. The molecule has 0 aliphatic carbocycles. The van der Waals surface area contributed by atoms with Crippen molar-refractivity contribution in [2.45, 2.75) is 5.92 Å². The Morgan fingerprint density at radius 1 is 0.971 bits per heavy atom. The minimum absolute atomic E-state index is 0.149. The molecule has 0 saturated carbocycles. The quantitative estimate of drug-likeness (QED) is 0.370. The number of thiocarbonyl (C=S) groups is 1. The highest BCUT2D eigenvalue weighted by Gasteiger charge is 2.33. The van der Waals surface area contributed by atoms with Crippen molar-refractivity contribution in [3.05, 3.63) is 106 Å². The summed E-state index contributed by atoms with van der Waals surface area (Å²) in [5, 5.41) is 2.71. The first-order valence-electron chi connectivity index (χ1n) is 10.6. The number of hydrogen-bond acceptors (Lipinski definition) is 6. The number of amides is 1. The molecule has 1 amide bonds. The van der Waals surface area contributed by atoms with Gasteiger partial charge in [-0.25, -0.2) is 0 Å². The summed E-state index contributed by atoms with van der Waals surface area (Å²) in [6.45, 7) is 0. The molecule has 2 aliphatic rings. The first kappa shape index (κ1) is 22.3. The van der Waals surface area contributed by atoms with Gasteiger partial charge in [0.05, 0.1) is 19.1 Å². The van der Waals surface area contributed by atoms with Crippen LogP contribution in [0.4, 0.5) is 0 Å². The van der Waals surface area contributed by atoms with Crippen LogP contribution in [0.3, 0.4) is 0 Å². The smallest absolute Gasteiger partial charge is 0.263 e. The number of para-hydroxylation sites is 1. The average Bonchev–Trinajstić information content (AvgIpc) is 3.19. The van der Waals surface area contributed by atoms with Crippen LogP contribution in [-0.2, 0) is 4.79 Å². The Labute approximate surface area is 207 Å². The number of methoxy groups -OCH3 is 2. The van der Waals surface area contributed by atoms with E-state index in [-0.39, 0.29) is 11.8 Å². The van der Waals surface area contributed by atoms with Crippen molar-refractivity contribution < 1.29 is 19.0 Å². The Kier molecular flexibility index (Phi) is 6.13.